The van der Waals surface area contributed by atoms with Crippen molar-refractivity contribution in [2.75, 3.05) is 0 Å². The maximum absolute atomic E-state index is 11.9. The van der Waals surface area contributed by atoms with Gasteiger partial charge < -0.3 is 23.7 Å². The number of hydrogen-bond donors (Lipinski definition) is 0. The highest BCUT2D eigenvalue weighted by atomic mass is 16.7. The zero-order valence-electron chi connectivity index (χ0n) is 19.0. The standard InChI is InChI=1S/C27H34O5/c1-3-11-22(17-28)23-16-25(29-18-20-12-7-5-8-13-20)27(24(4-2)32-27)26(31-23)30-19-21-14-9-6-10-15-21/h5-10,12-15,17,22-26H,3-4,11,16,18-19H2,1-2H3/t22-,23-,24+,25-,26-,27-/m0/s1. The quantitative estimate of drug-likeness (QED) is 0.362. The summed E-state index contributed by atoms with van der Waals surface area (Å²) in [6, 6.07) is 20.2. The Morgan fingerprint density at radius 2 is 1.62 bits per heavy atom. The summed E-state index contributed by atoms with van der Waals surface area (Å²) >= 11 is 0. The summed E-state index contributed by atoms with van der Waals surface area (Å²) in [5, 5.41) is 0. The first-order chi connectivity index (χ1) is 15.7. The Balaban J connectivity index is 1.55. The highest BCUT2D eigenvalue weighted by Crippen LogP contribution is 2.52. The summed E-state index contributed by atoms with van der Waals surface area (Å²) in [6.07, 6.45) is 3.21. The van der Waals surface area contributed by atoms with Crippen molar-refractivity contribution < 1.29 is 23.7 Å². The molecule has 2 saturated heterocycles. The highest BCUT2D eigenvalue weighted by Gasteiger charge is 2.70. The van der Waals surface area contributed by atoms with Crippen LogP contribution < -0.4 is 0 Å². The molecule has 2 heterocycles. The maximum Gasteiger partial charge on any atom is 0.192 e. The van der Waals surface area contributed by atoms with Gasteiger partial charge in [0.25, 0.3) is 0 Å². The molecule has 1 spiro atoms. The fourth-order valence-corrected chi connectivity index (χ4v) is 4.81. The normalized spacial score (nSPS) is 30.2. The van der Waals surface area contributed by atoms with E-state index in [2.05, 4.69) is 26.0 Å². The van der Waals surface area contributed by atoms with E-state index in [0.29, 0.717) is 19.6 Å². The van der Waals surface area contributed by atoms with Crippen LogP contribution in [0.5, 0.6) is 0 Å². The second-order valence-electron chi connectivity index (χ2n) is 8.78. The first-order valence-corrected chi connectivity index (χ1v) is 11.8. The molecule has 5 heteroatoms. The van der Waals surface area contributed by atoms with Gasteiger partial charge in [-0.15, -0.1) is 0 Å². The molecule has 6 atom stereocenters. The summed E-state index contributed by atoms with van der Waals surface area (Å²) in [5.74, 6) is -0.179. The third kappa shape index (κ3) is 4.96. The van der Waals surface area contributed by atoms with Crippen LogP contribution in [0.2, 0.25) is 0 Å². The molecule has 2 aromatic carbocycles. The number of hydrogen-bond acceptors (Lipinski definition) is 5. The SMILES string of the molecule is CCC[C@@H](C=O)[C@@H]1C[C@H](OCc2ccccc2)[C@]2(O[C@@H]2CC)[C@@H](OCc2ccccc2)O1. The summed E-state index contributed by atoms with van der Waals surface area (Å²) in [5.41, 5.74) is 1.56. The first kappa shape index (κ1) is 23.1. The molecule has 2 aliphatic rings. The van der Waals surface area contributed by atoms with Crippen LogP contribution >= 0.6 is 0 Å². The van der Waals surface area contributed by atoms with Crippen molar-refractivity contribution in [2.24, 2.45) is 5.92 Å². The summed E-state index contributed by atoms with van der Waals surface area (Å²) in [6.45, 7) is 5.11. The van der Waals surface area contributed by atoms with Crippen LogP contribution in [0, 0.1) is 5.92 Å². The van der Waals surface area contributed by atoms with Gasteiger partial charge in [0.1, 0.15) is 6.29 Å². The fourth-order valence-electron chi connectivity index (χ4n) is 4.81. The smallest absolute Gasteiger partial charge is 0.192 e. The first-order valence-electron chi connectivity index (χ1n) is 11.8. The molecule has 172 valence electrons. The van der Waals surface area contributed by atoms with Gasteiger partial charge in [0.2, 0.25) is 0 Å². The molecule has 2 fully saturated rings. The largest absolute Gasteiger partial charge is 0.370 e. The molecule has 32 heavy (non-hydrogen) atoms. The molecule has 4 rings (SSSR count). The number of benzene rings is 2. The minimum Gasteiger partial charge on any atom is -0.370 e. The Morgan fingerprint density at radius 3 is 2.16 bits per heavy atom. The third-order valence-electron chi connectivity index (χ3n) is 6.59. The topological polar surface area (TPSA) is 57.3 Å². The molecule has 0 radical (unpaired) electrons. The zero-order valence-corrected chi connectivity index (χ0v) is 19.0. The maximum atomic E-state index is 11.9. The van der Waals surface area contributed by atoms with Crippen LogP contribution in [0.1, 0.15) is 50.7 Å². The van der Waals surface area contributed by atoms with E-state index >= 15 is 0 Å². The van der Waals surface area contributed by atoms with Gasteiger partial charge in [0.15, 0.2) is 11.9 Å². The molecule has 2 aliphatic heterocycles. The van der Waals surface area contributed by atoms with Gasteiger partial charge in [-0.2, -0.15) is 0 Å². The molecule has 0 N–H and O–H groups in total. The fraction of sp³-hybridized carbons (Fsp3) is 0.519. The molecular weight excluding hydrogens is 404 g/mol. The Labute approximate surface area is 191 Å². The summed E-state index contributed by atoms with van der Waals surface area (Å²) in [4.78, 5) is 11.9. The Bertz CT molecular complexity index is 786. The van der Waals surface area contributed by atoms with Crippen LogP contribution in [0.3, 0.4) is 0 Å². The third-order valence-corrected chi connectivity index (χ3v) is 6.59. The average molecular weight is 439 g/mol. The van der Waals surface area contributed by atoms with Gasteiger partial charge in [-0.25, -0.2) is 0 Å². The number of carbonyl (C=O) groups excluding carboxylic acids is 1. The van der Waals surface area contributed by atoms with Crippen molar-refractivity contribution in [3.8, 4) is 0 Å². The van der Waals surface area contributed by atoms with Gasteiger partial charge in [0.05, 0.1) is 31.5 Å². The predicted molar refractivity (Wildman–Crippen MR) is 122 cm³/mol. The van der Waals surface area contributed by atoms with E-state index in [0.717, 1.165) is 36.7 Å². The van der Waals surface area contributed by atoms with Crippen molar-refractivity contribution in [2.45, 2.75) is 82.9 Å². The van der Waals surface area contributed by atoms with Gasteiger partial charge in [-0.3, -0.25) is 0 Å². The molecule has 0 unspecified atom stereocenters. The van der Waals surface area contributed by atoms with E-state index in [1.807, 2.05) is 48.5 Å². The van der Waals surface area contributed by atoms with Crippen molar-refractivity contribution in [3.63, 3.8) is 0 Å². The average Bonchev–Trinajstić information content (AvgIpc) is 3.57. The van der Waals surface area contributed by atoms with Crippen molar-refractivity contribution in [3.05, 3.63) is 71.8 Å². The lowest BCUT2D eigenvalue weighted by Gasteiger charge is -2.42. The van der Waals surface area contributed by atoms with E-state index in [-0.39, 0.29) is 24.2 Å². The minimum absolute atomic E-state index is 0.0193. The second kappa shape index (κ2) is 10.7. The second-order valence-corrected chi connectivity index (χ2v) is 8.78. The van der Waals surface area contributed by atoms with Crippen molar-refractivity contribution >= 4 is 6.29 Å². The molecule has 0 aromatic heterocycles. The van der Waals surface area contributed by atoms with Crippen LogP contribution in [-0.2, 0) is 37.0 Å². The van der Waals surface area contributed by atoms with Crippen LogP contribution in [0.25, 0.3) is 0 Å². The number of rotatable bonds is 11. The van der Waals surface area contributed by atoms with Crippen molar-refractivity contribution in [1.29, 1.82) is 0 Å². The molecule has 2 aromatic rings. The van der Waals surface area contributed by atoms with Crippen LogP contribution in [0.4, 0.5) is 0 Å². The minimum atomic E-state index is -0.630. The van der Waals surface area contributed by atoms with E-state index in [1.54, 1.807) is 0 Å². The van der Waals surface area contributed by atoms with E-state index < -0.39 is 11.9 Å². The number of carbonyl (C=O) groups is 1. The highest BCUT2D eigenvalue weighted by molar-refractivity contribution is 5.54. The van der Waals surface area contributed by atoms with Crippen molar-refractivity contribution in [1.82, 2.24) is 0 Å². The zero-order chi connectivity index (χ0) is 22.4. The van der Waals surface area contributed by atoms with E-state index in [9.17, 15) is 4.79 Å². The van der Waals surface area contributed by atoms with Crippen LogP contribution in [0.15, 0.2) is 60.7 Å². The molecule has 0 bridgehead atoms. The summed E-state index contributed by atoms with van der Waals surface area (Å²) in [7, 11) is 0. The lowest BCUT2D eigenvalue weighted by Crippen LogP contribution is -2.56. The molecule has 0 saturated carbocycles. The molecular formula is C27H34O5. The van der Waals surface area contributed by atoms with Crippen LogP contribution in [-0.4, -0.2) is 36.5 Å². The number of ether oxygens (including phenoxy) is 4. The molecule has 5 nitrogen and oxygen atoms in total. The number of epoxide rings is 1. The van der Waals surface area contributed by atoms with Gasteiger partial charge >= 0.3 is 0 Å². The lowest BCUT2D eigenvalue weighted by molar-refractivity contribution is -0.272. The molecule has 0 aliphatic carbocycles. The van der Waals surface area contributed by atoms with E-state index in [4.69, 9.17) is 18.9 Å². The Hall–Kier alpha value is -2.05. The monoisotopic (exact) mass is 438 g/mol. The predicted octanol–water partition coefficient (Wildman–Crippen LogP) is 5.07. The number of aldehydes is 1. The van der Waals surface area contributed by atoms with Gasteiger partial charge in [0, 0.05) is 12.3 Å². The molecule has 0 amide bonds. The Kier molecular flexibility index (Phi) is 7.74. The lowest BCUT2D eigenvalue weighted by atomic mass is 9.84. The van der Waals surface area contributed by atoms with E-state index in [1.165, 1.54) is 0 Å². The van der Waals surface area contributed by atoms with Gasteiger partial charge in [-0.1, -0.05) is 80.9 Å². The Morgan fingerprint density at radius 1 is 1.00 bits per heavy atom. The van der Waals surface area contributed by atoms with Gasteiger partial charge in [-0.05, 0) is 24.0 Å². The summed E-state index contributed by atoms with van der Waals surface area (Å²) < 4.78 is 25.5.